The van der Waals surface area contributed by atoms with Crippen molar-refractivity contribution in [3.63, 3.8) is 0 Å². The summed E-state index contributed by atoms with van der Waals surface area (Å²) >= 11 is 7.28. The van der Waals surface area contributed by atoms with Crippen LogP contribution < -0.4 is 0 Å². The highest BCUT2D eigenvalue weighted by molar-refractivity contribution is 7.10. The van der Waals surface area contributed by atoms with E-state index in [9.17, 15) is 0 Å². The van der Waals surface area contributed by atoms with Crippen LogP contribution in [0.4, 0.5) is 0 Å². The first-order valence-corrected chi connectivity index (χ1v) is 7.01. The average Bonchev–Trinajstić information content (AvgIpc) is 2.63. The molecule has 5 heteroatoms. The summed E-state index contributed by atoms with van der Waals surface area (Å²) in [4.78, 5) is 2.40. The Labute approximate surface area is 107 Å². The predicted molar refractivity (Wildman–Crippen MR) is 70.0 cm³/mol. The van der Waals surface area contributed by atoms with E-state index in [1.807, 2.05) is 0 Å². The van der Waals surface area contributed by atoms with Crippen molar-refractivity contribution in [3.8, 4) is 0 Å². The molecule has 0 aromatic carbocycles. The van der Waals surface area contributed by atoms with Gasteiger partial charge in [0.2, 0.25) is 0 Å². The Morgan fingerprint density at radius 3 is 2.62 bits per heavy atom. The highest BCUT2D eigenvalue weighted by Crippen LogP contribution is 2.20. The quantitative estimate of drug-likeness (QED) is 0.703. The van der Waals surface area contributed by atoms with Crippen molar-refractivity contribution in [2.24, 2.45) is 0 Å². The molecule has 0 unspecified atom stereocenters. The third kappa shape index (κ3) is 4.36. The lowest BCUT2D eigenvalue weighted by Crippen LogP contribution is -2.31. The number of halogens is 1. The number of unbranched alkanes of at least 4 members (excludes halogenated alkanes) is 2. The van der Waals surface area contributed by atoms with E-state index >= 15 is 0 Å². The molecule has 0 N–H and O–H groups in total. The maximum Gasteiger partial charge on any atom is 0.138 e. The van der Waals surface area contributed by atoms with Crippen LogP contribution in [0.3, 0.4) is 0 Å². The third-order valence-electron chi connectivity index (χ3n) is 2.64. The van der Waals surface area contributed by atoms with Crippen LogP contribution >= 0.6 is 23.1 Å². The molecule has 0 fully saturated rings. The molecule has 1 aromatic heterocycles. The monoisotopic (exact) mass is 261 g/mol. The van der Waals surface area contributed by atoms with Crippen molar-refractivity contribution >= 4 is 23.1 Å². The first-order valence-electron chi connectivity index (χ1n) is 5.86. The Bertz CT molecular complexity index is 301. The molecule has 1 rings (SSSR count). The molecule has 0 bridgehead atoms. The fourth-order valence-electron chi connectivity index (χ4n) is 1.57. The number of aromatic nitrogens is 2. The minimum atomic E-state index is 0.523. The molecule has 0 spiro atoms. The van der Waals surface area contributed by atoms with Crippen LogP contribution in [0.5, 0.6) is 0 Å². The third-order valence-corrected chi connectivity index (χ3v) is 3.63. The van der Waals surface area contributed by atoms with Crippen LogP contribution in [0.2, 0.25) is 4.34 Å². The summed E-state index contributed by atoms with van der Waals surface area (Å²) in [5, 5.41) is 4.06. The number of hydrogen-bond acceptors (Lipinski definition) is 4. The topological polar surface area (TPSA) is 29.0 Å². The van der Waals surface area contributed by atoms with Gasteiger partial charge >= 0.3 is 0 Å². The van der Waals surface area contributed by atoms with Crippen LogP contribution in [0.1, 0.15) is 45.7 Å². The number of rotatable bonds is 7. The minimum Gasteiger partial charge on any atom is -0.295 e. The minimum absolute atomic E-state index is 0.523. The lowest BCUT2D eigenvalue weighted by molar-refractivity contribution is 0.206. The van der Waals surface area contributed by atoms with E-state index < -0.39 is 0 Å². The maximum absolute atomic E-state index is 6.02. The van der Waals surface area contributed by atoms with Gasteiger partial charge in [0.25, 0.3) is 0 Å². The zero-order chi connectivity index (χ0) is 12.0. The lowest BCUT2D eigenvalue weighted by Gasteiger charge is -2.25. The smallest absolute Gasteiger partial charge is 0.138 e. The van der Waals surface area contributed by atoms with Crippen LogP contribution in [0, 0.1) is 0 Å². The van der Waals surface area contributed by atoms with Gasteiger partial charge < -0.3 is 0 Å². The van der Waals surface area contributed by atoms with E-state index in [1.54, 1.807) is 0 Å². The normalized spacial score (nSPS) is 11.6. The van der Waals surface area contributed by atoms with Gasteiger partial charge in [0.15, 0.2) is 0 Å². The molecule has 3 nitrogen and oxygen atoms in total. The zero-order valence-electron chi connectivity index (χ0n) is 10.2. The second-order valence-corrected chi connectivity index (χ2v) is 5.62. The van der Waals surface area contributed by atoms with Gasteiger partial charge in [-0.3, -0.25) is 4.90 Å². The molecule has 0 atom stereocenters. The summed E-state index contributed by atoms with van der Waals surface area (Å²) in [6.07, 6.45) is 3.78. The molecule has 0 saturated heterocycles. The Balaban J connectivity index is 2.48. The van der Waals surface area contributed by atoms with Crippen LogP contribution in [-0.2, 0) is 6.54 Å². The van der Waals surface area contributed by atoms with E-state index in [0.29, 0.717) is 6.04 Å². The highest BCUT2D eigenvalue weighted by atomic mass is 35.5. The Hall–Kier alpha value is -0.190. The highest BCUT2D eigenvalue weighted by Gasteiger charge is 2.14. The molecule has 0 amide bonds. The summed E-state index contributed by atoms with van der Waals surface area (Å²) < 4.78 is 4.59. The summed E-state index contributed by atoms with van der Waals surface area (Å²) in [5.41, 5.74) is 0.914. The largest absolute Gasteiger partial charge is 0.295 e. The molecule has 92 valence electrons. The maximum atomic E-state index is 6.02. The van der Waals surface area contributed by atoms with Gasteiger partial charge in [0.1, 0.15) is 10.0 Å². The van der Waals surface area contributed by atoms with Gasteiger partial charge in [-0.15, -0.1) is 5.10 Å². The van der Waals surface area contributed by atoms with E-state index in [4.69, 9.17) is 11.6 Å². The SMILES string of the molecule is CCCCCN(Cc1nnsc1Cl)C(C)C. The van der Waals surface area contributed by atoms with Gasteiger partial charge in [-0.1, -0.05) is 35.9 Å². The summed E-state index contributed by atoms with van der Waals surface area (Å²) in [6.45, 7) is 8.57. The zero-order valence-corrected chi connectivity index (χ0v) is 11.8. The molecule has 0 aliphatic heterocycles. The fraction of sp³-hybridized carbons (Fsp3) is 0.818. The van der Waals surface area contributed by atoms with Crippen molar-refractivity contribution < 1.29 is 0 Å². The molecule has 1 heterocycles. The Morgan fingerprint density at radius 2 is 2.12 bits per heavy atom. The molecular weight excluding hydrogens is 242 g/mol. The predicted octanol–water partition coefficient (Wildman–Crippen LogP) is 3.59. The lowest BCUT2D eigenvalue weighted by atomic mass is 10.2. The van der Waals surface area contributed by atoms with Crippen LogP contribution in [0.15, 0.2) is 0 Å². The van der Waals surface area contributed by atoms with Gasteiger partial charge in [0.05, 0.1) is 0 Å². The van der Waals surface area contributed by atoms with Crippen molar-refractivity contribution in [2.45, 2.75) is 52.6 Å². The van der Waals surface area contributed by atoms with Crippen molar-refractivity contribution in [2.75, 3.05) is 6.54 Å². The molecule has 0 aliphatic rings. The molecule has 16 heavy (non-hydrogen) atoms. The van der Waals surface area contributed by atoms with Gasteiger partial charge in [0, 0.05) is 24.1 Å². The number of nitrogens with zero attached hydrogens (tertiary/aromatic N) is 3. The molecule has 1 aromatic rings. The first-order chi connectivity index (χ1) is 7.65. The average molecular weight is 262 g/mol. The summed E-state index contributed by atoms with van der Waals surface area (Å²) in [5.74, 6) is 0. The van der Waals surface area contributed by atoms with Crippen molar-refractivity contribution in [3.05, 3.63) is 10.0 Å². The van der Waals surface area contributed by atoms with E-state index in [1.165, 1.54) is 30.8 Å². The molecule has 0 radical (unpaired) electrons. The Kier molecular flexibility index (Phi) is 6.24. The van der Waals surface area contributed by atoms with Crippen LogP contribution in [0.25, 0.3) is 0 Å². The second kappa shape index (κ2) is 7.20. The fourth-order valence-corrected chi connectivity index (χ4v) is 2.18. The summed E-state index contributed by atoms with van der Waals surface area (Å²) in [7, 11) is 0. The van der Waals surface area contributed by atoms with Crippen molar-refractivity contribution in [1.29, 1.82) is 0 Å². The van der Waals surface area contributed by atoms with E-state index in [-0.39, 0.29) is 0 Å². The Morgan fingerprint density at radius 1 is 1.38 bits per heavy atom. The van der Waals surface area contributed by atoms with Crippen LogP contribution in [-0.4, -0.2) is 27.1 Å². The molecular formula is C11H20ClN3S. The van der Waals surface area contributed by atoms with E-state index in [0.717, 1.165) is 23.1 Å². The number of hydrogen-bond donors (Lipinski definition) is 0. The summed E-state index contributed by atoms with van der Waals surface area (Å²) in [6, 6.07) is 0.523. The molecule has 0 saturated carbocycles. The van der Waals surface area contributed by atoms with Gasteiger partial charge in [-0.2, -0.15) is 0 Å². The second-order valence-electron chi connectivity index (χ2n) is 4.26. The standard InChI is InChI=1S/C11H20ClN3S/c1-4-5-6-7-15(9(2)3)8-10-11(12)16-14-13-10/h9H,4-8H2,1-3H3. The molecule has 0 aliphatic carbocycles. The van der Waals surface area contributed by atoms with E-state index in [2.05, 4.69) is 35.3 Å². The van der Waals surface area contributed by atoms with Gasteiger partial charge in [-0.25, -0.2) is 0 Å². The first kappa shape index (κ1) is 13.9. The van der Waals surface area contributed by atoms with Crippen molar-refractivity contribution in [1.82, 2.24) is 14.5 Å². The van der Waals surface area contributed by atoms with Gasteiger partial charge in [-0.05, 0) is 26.8 Å².